The Hall–Kier alpha value is -2.40. The van der Waals surface area contributed by atoms with Crippen molar-refractivity contribution >= 4 is 5.84 Å². The van der Waals surface area contributed by atoms with Crippen LogP contribution in [0.1, 0.15) is 30.5 Å². The monoisotopic (exact) mass is 284 g/mol. The van der Waals surface area contributed by atoms with Gasteiger partial charge < -0.3 is 16.3 Å². The SMILES string of the molecule is CC(CC(N)=NO)NC(c1ccccc1)c1ccncc1. The van der Waals surface area contributed by atoms with Gasteiger partial charge in [-0.3, -0.25) is 4.98 Å². The van der Waals surface area contributed by atoms with Gasteiger partial charge in [-0.1, -0.05) is 35.5 Å². The predicted octanol–water partition coefficient (Wildman–Crippen LogP) is 2.29. The van der Waals surface area contributed by atoms with Gasteiger partial charge in [0, 0.05) is 24.9 Å². The van der Waals surface area contributed by atoms with Crippen LogP contribution < -0.4 is 11.1 Å². The number of hydrogen-bond acceptors (Lipinski definition) is 4. The number of nitrogens with one attached hydrogen (secondary N) is 1. The molecule has 5 heteroatoms. The Morgan fingerprint density at radius 3 is 2.43 bits per heavy atom. The van der Waals surface area contributed by atoms with Crippen LogP contribution in [0.15, 0.2) is 60.0 Å². The highest BCUT2D eigenvalue weighted by molar-refractivity contribution is 5.80. The van der Waals surface area contributed by atoms with Gasteiger partial charge in [-0.2, -0.15) is 0 Å². The molecule has 0 aliphatic heterocycles. The fourth-order valence-electron chi connectivity index (χ4n) is 2.28. The number of nitrogens with two attached hydrogens (primary N) is 1. The van der Waals surface area contributed by atoms with Crippen LogP contribution in [0.3, 0.4) is 0 Å². The molecule has 110 valence electrons. The third-order valence-electron chi connectivity index (χ3n) is 3.27. The molecule has 2 unspecified atom stereocenters. The van der Waals surface area contributed by atoms with E-state index in [2.05, 4.69) is 27.6 Å². The molecule has 0 amide bonds. The number of pyridine rings is 1. The average Bonchev–Trinajstić information content (AvgIpc) is 2.54. The van der Waals surface area contributed by atoms with Crippen molar-refractivity contribution in [1.29, 1.82) is 0 Å². The molecule has 4 N–H and O–H groups in total. The molecular weight excluding hydrogens is 264 g/mol. The maximum absolute atomic E-state index is 8.68. The number of nitrogens with zero attached hydrogens (tertiary/aromatic N) is 2. The molecule has 0 bridgehead atoms. The Kier molecular flexibility index (Phi) is 5.29. The average molecular weight is 284 g/mol. The van der Waals surface area contributed by atoms with Gasteiger partial charge in [-0.25, -0.2) is 0 Å². The molecule has 0 saturated carbocycles. The van der Waals surface area contributed by atoms with Gasteiger partial charge in [0.15, 0.2) is 0 Å². The standard InChI is InChI=1S/C16H20N4O/c1-12(11-15(17)20-21)19-16(13-5-3-2-4-6-13)14-7-9-18-10-8-14/h2-10,12,16,19,21H,11H2,1H3,(H2,17,20). The summed E-state index contributed by atoms with van der Waals surface area (Å²) in [5.74, 6) is 0.219. The normalized spacial score (nSPS) is 14.6. The van der Waals surface area contributed by atoms with E-state index >= 15 is 0 Å². The Morgan fingerprint density at radius 1 is 1.19 bits per heavy atom. The van der Waals surface area contributed by atoms with Crippen LogP contribution in [-0.2, 0) is 0 Å². The van der Waals surface area contributed by atoms with E-state index in [-0.39, 0.29) is 17.9 Å². The van der Waals surface area contributed by atoms with Gasteiger partial charge >= 0.3 is 0 Å². The lowest BCUT2D eigenvalue weighted by atomic mass is 9.98. The van der Waals surface area contributed by atoms with Crippen molar-refractivity contribution in [3.05, 3.63) is 66.0 Å². The van der Waals surface area contributed by atoms with E-state index in [9.17, 15) is 0 Å². The van der Waals surface area contributed by atoms with E-state index in [1.807, 2.05) is 37.3 Å². The summed E-state index contributed by atoms with van der Waals surface area (Å²) in [6.45, 7) is 2.01. The largest absolute Gasteiger partial charge is 0.409 e. The number of oxime groups is 1. The van der Waals surface area contributed by atoms with Crippen molar-refractivity contribution in [1.82, 2.24) is 10.3 Å². The topological polar surface area (TPSA) is 83.5 Å². The summed E-state index contributed by atoms with van der Waals surface area (Å²) in [6.07, 6.45) is 4.03. The molecule has 0 radical (unpaired) electrons. The lowest BCUT2D eigenvalue weighted by Gasteiger charge is -2.24. The maximum atomic E-state index is 8.68. The van der Waals surface area contributed by atoms with Crippen LogP contribution in [0.4, 0.5) is 0 Å². The minimum Gasteiger partial charge on any atom is -0.409 e. The molecule has 0 fully saturated rings. The highest BCUT2D eigenvalue weighted by Gasteiger charge is 2.17. The zero-order valence-electron chi connectivity index (χ0n) is 12.0. The van der Waals surface area contributed by atoms with Crippen LogP contribution in [0.5, 0.6) is 0 Å². The van der Waals surface area contributed by atoms with Gasteiger partial charge in [0.25, 0.3) is 0 Å². The summed E-state index contributed by atoms with van der Waals surface area (Å²) in [5.41, 5.74) is 7.87. The molecule has 2 rings (SSSR count). The van der Waals surface area contributed by atoms with Crippen molar-refractivity contribution in [3.63, 3.8) is 0 Å². The molecule has 5 nitrogen and oxygen atoms in total. The van der Waals surface area contributed by atoms with Crippen molar-refractivity contribution in [2.75, 3.05) is 0 Å². The second kappa shape index (κ2) is 7.40. The number of rotatable bonds is 6. The summed E-state index contributed by atoms with van der Waals surface area (Å²) in [4.78, 5) is 4.06. The van der Waals surface area contributed by atoms with Gasteiger partial charge in [-0.05, 0) is 30.2 Å². The van der Waals surface area contributed by atoms with Crippen LogP contribution in [-0.4, -0.2) is 22.1 Å². The van der Waals surface area contributed by atoms with E-state index < -0.39 is 0 Å². The van der Waals surface area contributed by atoms with E-state index in [0.717, 1.165) is 11.1 Å². The Balaban J connectivity index is 2.21. The molecule has 0 aliphatic rings. The molecule has 1 heterocycles. The lowest BCUT2D eigenvalue weighted by Crippen LogP contribution is -2.34. The van der Waals surface area contributed by atoms with E-state index in [1.54, 1.807) is 12.4 Å². The number of hydrogen-bond donors (Lipinski definition) is 3. The molecule has 0 saturated heterocycles. The number of amidine groups is 1. The zero-order chi connectivity index (χ0) is 15.1. The van der Waals surface area contributed by atoms with Crippen LogP contribution in [0, 0.1) is 0 Å². The summed E-state index contributed by atoms with van der Waals surface area (Å²) < 4.78 is 0. The quantitative estimate of drug-likeness (QED) is 0.329. The fourth-order valence-corrected chi connectivity index (χ4v) is 2.28. The molecule has 2 aromatic rings. The van der Waals surface area contributed by atoms with Gasteiger partial charge in [-0.15, -0.1) is 0 Å². The Labute approximate surface area is 124 Å². The van der Waals surface area contributed by atoms with Gasteiger partial charge in [0.2, 0.25) is 0 Å². The minimum absolute atomic E-state index is 0.0377. The second-order valence-electron chi connectivity index (χ2n) is 4.99. The zero-order valence-corrected chi connectivity index (χ0v) is 12.0. The lowest BCUT2D eigenvalue weighted by molar-refractivity contribution is 0.315. The molecule has 0 spiro atoms. The first-order valence-corrected chi connectivity index (χ1v) is 6.88. The first kappa shape index (κ1) is 15.0. The van der Waals surface area contributed by atoms with Crippen molar-refractivity contribution in [2.24, 2.45) is 10.9 Å². The number of aromatic nitrogens is 1. The summed E-state index contributed by atoms with van der Waals surface area (Å²) in [7, 11) is 0. The van der Waals surface area contributed by atoms with Crippen LogP contribution in [0.25, 0.3) is 0 Å². The third kappa shape index (κ3) is 4.29. The summed E-state index contributed by atoms with van der Waals surface area (Å²) >= 11 is 0. The van der Waals surface area contributed by atoms with Crippen LogP contribution in [0.2, 0.25) is 0 Å². The maximum Gasteiger partial charge on any atom is 0.140 e. The molecule has 1 aromatic heterocycles. The third-order valence-corrected chi connectivity index (χ3v) is 3.27. The Bertz CT molecular complexity index is 532. The summed E-state index contributed by atoms with van der Waals surface area (Å²) in [6, 6.07) is 14.3. The first-order chi connectivity index (χ1) is 10.2. The summed E-state index contributed by atoms with van der Waals surface area (Å²) in [5, 5.41) is 15.2. The van der Waals surface area contributed by atoms with Crippen molar-refractivity contribution in [2.45, 2.75) is 25.4 Å². The molecule has 0 aliphatic carbocycles. The van der Waals surface area contributed by atoms with E-state index in [4.69, 9.17) is 10.9 Å². The van der Waals surface area contributed by atoms with E-state index in [1.165, 1.54) is 0 Å². The van der Waals surface area contributed by atoms with Crippen LogP contribution >= 0.6 is 0 Å². The first-order valence-electron chi connectivity index (χ1n) is 6.88. The predicted molar refractivity (Wildman–Crippen MR) is 83.1 cm³/mol. The highest BCUT2D eigenvalue weighted by Crippen LogP contribution is 2.22. The molecular formula is C16H20N4O. The van der Waals surface area contributed by atoms with Gasteiger partial charge in [0.05, 0.1) is 6.04 Å². The van der Waals surface area contributed by atoms with E-state index in [0.29, 0.717) is 6.42 Å². The minimum atomic E-state index is 0.0377. The number of benzene rings is 1. The van der Waals surface area contributed by atoms with Gasteiger partial charge in [0.1, 0.15) is 5.84 Å². The van der Waals surface area contributed by atoms with Crippen molar-refractivity contribution in [3.8, 4) is 0 Å². The fraction of sp³-hybridized carbons (Fsp3) is 0.250. The highest BCUT2D eigenvalue weighted by atomic mass is 16.4. The van der Waals surface area contributed by atoms with Crippen molar-refractivity contribution < 1.29 is 5.21 Å². The smallest absolute Gasteiger partial charge is 0.140 e. The molecule has 1 aromatic carbocycles. The Morgan fingerprint density at radius 2 is 1.81 bits per heavy atom. The second-order valence-corrected chi connectivity index (χ2v) is 4.99. The molecule has 2 atom stereocenters. The molecule has 21 heavy (non-hydrogen) atoms.